The summed E-state index contributed by atoms with van der Waals surface area (Å²) in [5.74, 6) is 5.13. The summed E-state index contributed by atoms with van der Waals surface area (Å²) in [6.07, 6.45) is 1.65. The van der Waals surface area contributed by atoms with Gasteiger partial charge in [0, 0.05) is 30.1 Å². The molecule has 0 aliphatic heterocycles. The van der Waals surface area contributed by atoms with E-state index in [-0.39, 0.29) is 10.8 Å². The van der Waals surface area contributed by atoms with E-state index in [1.807, 2.05) is 6.07 Å². The van der Waals surface area contributed by atoms with E-state index in [1.165, 1.54) is 38.1 Å². The van der Waals surface area contributed by atoms with E-state index >= 15 is 0 Å². The van der Waals surface area contributed by atoms with Gasteiger partial charge in [-0.2, -0.15) is 4.72 Å². The maximum absolute atomic E-state index is 12.6. The Labute approximate surface area is 192 Å². The number of carbonyl (C=O) groups is 2. The van der Waals surface area contributed by atoms with Gasteiger partial charge in [0.2, 0.25) is 21.8 Å². The number of benzene rings is 2. The number of pyridine rings is 1. The number of hydrogen-bond donors (Lipinski definition) is 3. The number of amides is 2. The lowest BCUT2D eigenvalue weighted by atomic mass is 10.2. The van der Waals surface area contributed by atoms with E-state index in [4.69, 9.17) is 0 Å². The fraction of sp³-hybridized carbons (Fsp3) is 0.125. The zero-order valence-electron chi connectivity index (χ0n) is 18.0. The Bertz CT molecular complexity index is 1310. The molecule has 3 aromatic rings. The van der Waals surface area contributed by atoms with Gasteiger partial charge < -0.3 is 10.6 Å². The number of sulfonamides is 1. The second-order valence-corrected chi connectivity index (χ2v) is 8.80. The molecule has 0 bridgehead atoms. The van der Waals surface area contributed by atoms with Gasteiger partial charge in [0.1, 0.15) is 5.69 Å². The Morgan fingerprint density at radius 2 is 1.67 bits per heavy atom. The Morgan fingerprint density at radius 1 is 0.909 bits per heavy atom. The summed E-state index contributed by atoms with van der Waals surface area (Å²) < 4.78 is 27.6. The van der Waals surface area contributed by atoms with Crippen molar-refractivity contribution < 1.29 is 18.0 Å². The van der Waals surface area contributed by atoms with Crippen LogP contribution in [-0.4, -0.2) is 31.3 Å². The molecule has 0 unspecified atom stereocenters. The fourth-order valence-corrected chi connectivity index (χ4v) is 3.98. The minimum Gasteiger partial charge on any atom is -0.326 e. The average Bonchev–Trinajstić information content (AvgIpc) is 2.78. The molecule has 1 heterocycles. The highest BCUT2D eigenvalue weighted by molar-refractivity contribution is 7.89. The molecule has 0 aliphatic rings. The van der Waals surface area contributed by atoms with Crippen molar-refractivity contribution in [3.05, 3.63) is 84.2 Å². The topological polar surface area (TPSA) is 117 Å². The predicted molar refractivity (Wildman–Crippen MR) is 126 cm³/mol. The van der Waals surface area contributed by atoms with E-state index in [0.29, 0.717) is 22.6 Å². The van der Waals surface area contributed by atoms with Crippen molar-refractivity contribution in [3.8, 4) is 11.8 Å². The number of nitrogens with zero attached hydrogens (tertiary/aromatic N) is 1. The quantitative estimate of drug-likeness (QED) is 0.487. The minimum absolute atomic E-state index is 0.0250. The molecule has 2 amide bonds. The van der Waals surface area contributed by atoms with Gasteiger partial charge in [0.25, 0.3) is 0 Å². The Kier molecular flexibility index (Phi) is 7.56. The van der Waals surface area contributed by atoms with Crippen molar-refractivity contribution in [3.63, 3.8) is 0 Å². The van der Waals surface area contributed by atoms with Crippen LogP contribution in [0.2, 0.25) is 0 Å². The maximum Gasteiger partial charge on any atom is 0.242 e. The Hall–Kier alpha value is -4.00. The van der Waals surface area contributed by atoms with Crippen LogP contribution in [0.25, 0.3) is 0 Å². The van der Waals surface area contributed by atoms with Gasteiger partial charge in [-0.3, -0.25) is 9.59 Å². The second kappa shape index (κ2) is 10.5. The lowest BCUT2D eigenvalue weighted by Crippen LogP contribution is -2.41. The summed E-state index contributed by atoms with van der Waals surface area (Å²) in [5.41, 5.74) is 2.25. The van der Waals surface area contributed by atoms with Gasteiger partial charge in [-0.25, -0.2) is 13.4 Å². The summed E-state index contributed by atoms with van der Waals surface area (Å²) in [6.45, 7) is 2.80. The first-order valence-corrected chi connectivity index (χ1v) is 11.5. The number of carbonyl (C=O) groups excluding carboxylic acids is 2. The monoisotopic (exact) mass is 462 g/mol. The van der Waals surface area contributed by atoms with Crippen molar-refractivity contribution in [2.75, 3.05) is 10.6 Å². The first kappa shape index (κ1) is 23.7. The smallest absolute Gasteiger partial charge is 0.242 e. The van der Waals surface area contributed by atoms with Gasteiger partial charge in [0.05, 0.1) is 10.9 Å². The Morgan fingerprint density at radius 3 is 2.33 bits per heavy atom. The molecule has 3 rings (SSSR count). The zero-order valence-corrected chi connectivity index (χ0v) is 18.8. The van der Waals surface area contributed by atoms with Crippen LogP contribution < -0.4 is 15.4 Å². The maximum atomic E-state index is 12.6. The molecule has 168 valence electrons. The first-order valence-electron chi connectivity index (χ1n) is 9.97. The standard InChI is InChI=1S/C24H22N4O4S/c1-17(28-33(31,32)23-13-11-21(12-14-23)26-18(2)29)24(30)27-22-8-5-6-19(16-22)9-10-20-7-3-4-15-25-20/h3-8,11-17,28H,1-2H3,(H,26,29)(H,27,30)/t17-/m0/s1. The van der Waals surface area contributed by atoms with Crippen LogP contribution in [0.4, 0.5) is 11.4 Å². The van der Waals surface area contributed by atoms with Crippen molar-refractivity contribution >= 4 is 33.2 Å². The average molecular weight is 463 g/mol. The van der Waals surface area contributed by atoms with Crippen LogP contribution in [0.1, 0.15) is 25.1 Å². The van der Waals surface area contributed by atoms with Crippen LogP contribution in [0.3, 0.4) is 0 Å². The molecule has 0 spiro atoms. The molecule has 3 N–H and O–H groups in total. The second-order valence-electron chi connectivity index (χ2n) is 7.08. The summed E-state index contributed by atoms with van der Waals surface area (Å²) in [5, 5.41) is 5.25. The van der Waals surface area contributed by atoms with E-state index in [1.54, 1.807) is 42.6 Å². The van der Waals surface area contributed by atoms with Crippen molar-refractivity contribution in [2.24, 2.45) is 0 Å². The fourth-order valence-electron chi connectivity index (χ4n) is 2.77. The third-order valence-corrected chi connectivity index (χ3v) is 5.90. The molecule has 0 radical (unpaired) electrons. The Balaban J connectivity index is 1.64. The molecule has 9 heteroatoms. The van der Waals surface area contributed by atoms with E-state index < -0.39 is 22.0 Å². The van der Waals surface area contributed by atoms with Crippen LogP contribution in [0, 0.1) is 11.8 Å². The van der Waals surface area contributed by atoms with Crippen LogP contribution in [-0.2, 0) is 19.6 Å². The molecule has 0 fully saturated rings. The molecular formula is C24H22N4O4S. The predicted octanol–water partition coefficient (Wildman–Crippen LogP) is 2.75. The third-order valence-electron chi connectivity index (χ3n) is 4.34. The number of nitrogens with one attached hydrogen (secondary N) is 3. The molecule has 2 aromatic carbocycles. The van der Waals surface area contributed by atoms with Gasteiger partial charge in [0.15, 0.2) is 0 Å². The molecule has 1 aromatic heterocycles. The van der Waals surface area contributed by atoms with E-state index in [0.717, 1.165) is 0 Å². The van der Waals surface area contributed by atoms with Gasteiger partial charge in [-0.05, 0) is 67.4 Å². The van der Waals surface area contributed by atoms with Crippen molar-refractivity contribution in [1.82, 2.24) is 9.71 Å². The highest BCUT2D eigenvalue weighted by Crippen LogP contribution is 2.15. The largest absolute Gasteiger partial charge is 0.326 e. The summed E-state index contributed by atoms with van der Waals surface area (Å²) in [4.78, 5) is 27.8. The van der Waals surface area contributed by atoms with Gasteiger partial charge in [-0.15, -0.1) is 0 Å². The normalized spacial score (nSPS) is 11.6. The van der Waals surface area contributed by atoms with E-state index in [2.05, 4.69) is 32.2 Å². The number of rotatable bonds is 6. The summed E-state index contributed by atoms with van der Waals surface area (Å²) in [6, 6.07) is 17.0. The molecule has 0 saturated carbocycles. The summed E-state index contributed by atoms with van der Waals surface area (Å²) in [7, 11) is -3.94. The lowest BCUT2D eigenvalue weighted by Gasteiger charge is -2.15. The van der Waals surface area contributed by atoms with Crippen molar-refractivity contribution in [2.45, 2.75) is 24.8 Å². The minimum atomic E-state index is -3.94. The molecule has 0 saturated heterocycles. The highest BCUT2D eigenvalue weighted by atomic mass is 32.2. The number of anilines is 2. The van der Waals surface area contributed by atoms with Crippen molar-refractivity contribution in [1.29, 1.82) is 0 Å². The zero-order chi connectivity index (χ0) is 23.8. The van der Waals surface area contributed by atoms with Crippen LogP contribution in [0.5, 0.6) is 0 Å². The number of hydrogen-bond acceptors (Lipinski definition) is 5. The third kappa shape index (κ3) is 7.00. The highest BCUT2D eigenvalue weighted by Gasteiger charge is 2.22. The lowest BCUT2D eigenvalue weighted by molar-refractivity contribution is -0.117. The van der Waals surface area contributed by atoms with Crippen LogP contribution in [0.15, 0.2) is 77.8 Å². The van der Waals surface area contributed by atoms with Gasteiger partial charge in [-0.1, -0.05) is 18.1 Å². The SMILES string of the molecule is CC(=O)Nc1ccc(S(=O)(=O)N[C@@H](C)C(=O)Nc2cccc(C#Cc3ccccn3)c2)cc1. The van der Waals surface area contributed by atoms with Gasteiger partial charge >= 0.3 is 0 Å². The number of aromatic nitrogens is 1. The summed E-state index contributed by atoms with van der Waals surface area (Å²) >= 11 is 0. The first-order chi connectivity index (χ1) is 15.7. The molecular weight excluding hydrogens is 440 g/mol. The molecule has 1 atom stereocenters. The molecule has 33 heavy (non-hydrogen) atoms. The van der Waals surface area contributed by atoms with E-state index in [9.17, 15) is 18.0 Å². The molecule has 0 aliphatic carbocycles. The molecule has 8 nitrogen and oxygen atoms in total. The van der Waals surface area contributed by atoms with Crippen LogP contribution >= 0.6 is 0 Å².